The molecule has 4 rings (SSSR count). The lowest BCUT2D eigenvalue weighted by Gasteiger charge is -2.24. The maximum Gasteiger partial charge on any atom is 0.259 e. The van der Waals surface area contributed by atoms with Crippen LogP contribution in [0.15, 0.2) is 53.3 Å². The molecule has 1 aromatic carbocycles. The van der Waals surface area contributed by atoms with Gasteiger partial charge in [-0.15, -0.1) is 0 Å². The van der Waals surface area contributed by atoms with Crippen LogP contribution in [0.2, 0.25) is 0 Å². The molecule has 1 saturated heterocycles. The average Bonchev–Trinajstić information content (AvgIpc) is 3.07. The Morgan fingerprint density at radius 1 is 1.30 bits per heavy atom. The Labute approximate surface area is 157 Å². The molecule has 1 atom stereocenters. The number of carbonyl (C=O) groups excluding carboxylic acids is 1. The van der Waals surface area contributed by atoms with Crippen molar-refractivity contribution in [2.24, 2.45) is 5.92 Å². The number of amides is 1. The zero-order chi connectivity index (χ0) is 18.6. The van der Waals surface area contributed by atoms with Crippen LogP contribution in [-0.2, 0) is 11.2 Å². The highest BCUT2D eigenvalue weighted by Gasteiger charge is 2.26. The number of furan rings is 1. The first-order valence-corrected chi connectivity index (χ1v) is 9.07. The van der Waals surface area contributed by atoms with Crippen LogP contribution in [0, 0.1) is 5.92 Å². The summed E-state index contributed by atoms with van der Waals surface area (Å²) in [6.07, 6.45) is 4.16. The van der Waals surface area contributed by atoms with E-state index < -0.39 is 0 Å². The Hall–Kier alpha value is -2.86. The predicted octanol–water partition coefficient (Wildman–Crippen LogP) is 3.17. The lowest BCUT2D eigenvalue weighted by Crippen LogP contribution is -2.36. The Morgan fingerprint density at radius 3 is 3.11 bits per heavy atom. The van der Waals surface area contributed by atoms with Crippen LogP contribution in [-0.4, -0.2) is 49.2 Å². The number of benzene rings is 1. The molecule has 1 aliphatic heterocycles. The lowest BCUT2D eigenvalue weighted by atomic mass is 9.97. The molecule has 3 aromatic rings. The second-order valence-electron chi connectivity index (χ2n) is 6.71. The van der Waals surface area contributed by atoms with Crippen molar-refractivity contribution in [2.75, 3.05) is 33.4 Å². The number of pyridine rings is 1. The number of nitrogens with zero attached hydrogens (tertiary/aromatic N) is 2. The molecule has 1 amide bonds. The van der Waals surface area contributed by atoms with Crippen LogP contribution >= 0.6 is 0 Å². The monoisotopic (exact) mass is 366 g/mol. The predicted molar refractivity (Wildman–Crippen MR) is 101 cm³/mol. The highest BCUT2D eigenvalue weighted by molar-refractivity contribution is 5.96. The van der Waals surface area contributed by atoms with Gasteiger partial charge in [0.25, 0.3) is 5.91 Å². The summed E-state index contributed by atoms with van der Waals surface area (Å²) in [4.78, 5) is 19.0. The normalized spacial score (nSPS) is 17.7. The van der Waals surface area contributed by atoms with Gasteiger partial charge in [0.15, 0.2) is 0 Å². The summed E-state index contributed by atoms with van der Waals surface area (Å²) in [5.41, 5.74) is 2.58. The molecule has 3 heterocycles. The average molecular weight is 366 g/mol. The van der Waals surface area contributed by atoms with Gasteiger partial charge in [-0.05, 0) is 36.2 Å². The molecule has 0 unspecified atom stereocenters. The second-order valence-corrected chi connectivity index (χ2v) is 6.71. The highest BCUT2D eigenvalue weighted by atomic mass is 16.5. The molecule has 0 saturated carbocycles. The van der Waals surface area contributed by atoms with Crippen molar-refractivity contribution in [3.8, 4) is 5.88 Å². The fraction of sp³-hybridized carbons (Fsp3) is 0.333. The van der Waals surface area contributed by atoms with Gasteiger partial charge < -0.3 is 18.8 Å². The smallest absolute Gasteiger partial charge is 0.259 e. The summed E-state index contributed by atoms with van der Waals surface area (Å²) < 4.78 is 16.5. The van der Waals surface area contributed by atoms with Crippen LogP contribution < -0.4 is 4.74 Å². The quantitative estimate of drug-likeness (QED) is 0.710. The second kappa shape index (κ2) is 7.80. The lowest BCUT2D eigenvalue weighted by molar-refractivity contribution is 0.0733. The van der Waals surface area contributed by atoms with E-state index in [1.807, 2.05) is 23.1 Å². The Kier molecular flexibility index (Phi) is 5.07. The van der Waals surface area contributed by atoms with Crippen LogP contribution in [0.5, 0.6) is 5.88 Å². The molecule has 2 aromatic heterocycles. The summed E-state index contributed by atoms with van der Waals surface area (Å²) in [7, 11) is 1.53. The zero-order valence-corrected chi connectivity index (χ0v) is 15.3. The Morgan fingerprint density at radius 2 is 2.22 bits per heavy atom. The van der Waals surface area contributed by atoms with E-state index in [1.54, 1.807) is 24.6 Å². The SMILES string of the molecule is COc1ncccc1C(=O)N1CCOC[C@H](Cc2cccc3occc23)C1. The van der Waals surface area contributed by atoms with Gasteiger partial charge in [-0.3, -0.25) is 4.79 Å². The minimum atomic E-state index is -0.0723. The van der Waals surface area contributed by atoms with Crippen molar-refractivity contribution in [3.63, 3.8) is 0 Å². The first kappa shape index (κ1) is 17.5. The molecule has 6 heteroatoms. The van der Waals surface area contributed by atoms with Gasteiger partial charge >= 0.3 is 0 Å². The van der Waals surface area contributed by atoms with Gasteiger partial charge in [0.2, 0.25) is 5.88 Å². The minimum absolute atomic E-state index is 0.0723. The van der Waals surface area contributed by atoms with Crippen molar-refractivity contribution in [2.45, 2.75) is 6.42 Å². The van der Waals surface area contributed by atoms with Crippen LogP contribution in [0.25, 0.3) is 11.0 Å². The number of rotatable bonds is 4. The van der Waals surface area contributed by atoms with Gasteiger partial charge in [0, 0.05) is 30.6 Å². The van der Waals surface area contributed by atoms with Gasteiger partial charge in [0.05, 0.1) is 26.6 Å². The van der Waals surface area contributed by atoms with E-state index in [9.17, 15) is 4.79 Å². The minimum Gasteiger partial charge on any atom is -0.480 e. The topological polar surface area (TPSA) is 64.8 Å². The van der Waals surface area contributed by atoms with Crippen LogP contribution in [0.1, 0.15) is 15.9 Å². The van der Waals surface area contributed by atoms with Crippen molar-refractivity contribution < 1.29 is 18.7 Å². The number of fused-ring (bicyclic) bond motifs is 1. The summed E-state index contributed by atoms with van der Waals surface area (Å²) in [5.74, 6) is 0.490. The summed E-state index contributed by atoms with van der Waals surface area (Å²) in [6.45, 7) is 2.34. The molecule has 0 bridgehead atoms. The number of hydrogen-bond acceptors (Lipinski definition) is 5. The third-order valence-electron chi connectivity index (χ3n) is 4.91. The van der Waals surface area contributed by atoms with Crippen molar-refractivity contribution >= 4 is 16.9 Å². The van der Waals surface area contributed by atoms with E-state index in [4.69, 9.17) is 13.9 Å². The number of carbonyl (C=O) groups is 1. The summed E-state index contributed by atoms with van der Waals surface area (Å²) in [5, 5.41) is 1.12. The van der Waals surface area contributed by atoms with Crippen molar-refractivity contribution in [1.29, 1.82) is 0 Å². The standard InChI is InChI=1S/C21H22N2O4/c1-25-20-18(5-3-8-22-20)21(24)23-9-11-26-14-15(13-23)12-16-4-2-6-19-17(16)7-10-27-19/h2-8,10,15H,9,11-14H2,1H3/t15-/m1/s1. The molecule has 0 radical (unpaired) electrons. The van der Waals surface area contributed by atoms with Gasteiger partial charge in [-0.25, -0.2) is 4.98 Å². The van der Waals surface area contributed by atoms with E-state index in [1.165, 1.54) is 12.7 Å². The Balaban J connectivity index is 1.54. The molecule has 0 spiro atoms. The largest absolute Gasteiger partial charge is 0.480 e. The van der Waals surface area contributed by atoms with E-state index >= 15 is 0 Å². The van der Waals surface area contributed by atoms with Gasteiger partial charge in [-0.1, -0.05) is 12.1 Å². The van der Waals surface area contributed by atoms with Crippen LogP contribution in [0.3, 0.4) is 0 Å². The maximum atomic E-state index is 13.0. The van der Waals surface area contributed by atoms with Crippen molar-refractivity contribution in [1.82, 2.24) is 9.88 Å². The van der Waals surface area contributed by atoms with E-state index in [2.05, 4.69) is 11.1 Å². The van der Waals surface area contributed by atoms with E-state index in [0.717, 1.165) is 17.4 Å². The van der Waals surface area contributed by atoms with E-state index in [0.29, 0.717) is 37.7 Å². The van der Waals surface area contributed by atoms with Crippen molar-refractivity contribution in [3.05, 3.63) is 60.0 Å². The molecule has 0 N–H and O–H groups in total. The fourth-order valence-electron chi connectivity index (χ4n) is 3.62. The van der Waals surface area contributed by atoms with Gasteiger partial charge in [0.1, 0.15) is 11.1 Å². The highest BCUT2D eigenvalue weighted by Crippen LogP contribution is 2.24. The molecular weight excluding hydrogens is 344 g/mol. The zero-order valence-electron chi connectivity index (χ0n) is 15.3. The molecule has 6 nitrogen and oxygen atoms in total. The summed E-state index contributed by atoms with van der Waals surface area (Å²) in [6, 6.07) is 11.6. The first-order chi connectivity index (χ1) is 13.3. The molecule has 0 aliphatic carbocycles. The molecular formula is C21H22N2O4. The first-order valence-electron chi connectivity index (χ1n) is 9.07. The molecule has 140 valence electrons. The maximum absolute atomic E-state index is 13.0. The fourth-order valence-corrected chi connectivity index (χ4v) is 3.62. The Bertz CT molecular complexity index is 937. The number of aromatic nitrogens is 1. The van der Waals surface area contributed by atoms with E-state index in [-0.39, 0.29) is 11.8 Å². The summed E-state index contributed by atoms with van der Waals surface area (Å²) >= 11 is 0. The van der Waals surface area contributed by atoms with Crippen LogP contribution in [0.4, 0.5) is 0 Å². The third-order valence-corrected chi connectivity index (χ3v) is 4.91. The number of methoxy groups -OCH3 is 1. The third kappa shape index (κ3) is 3.66. The molecule has 27 heavy (non-hydrogen) atoms. The number of hydrogen-bond donors (Lipinski definition) is 0. The molecule has 1 fully saturated rings. The molecule has 1 aliphatic rings. The van der Waals surface area contributed by atoms with Gasteiger partial charge in [-0.2, -0.15) is 0 Å². The number of ether oxygens (including phenoxy) is 2.